The Hall–Kier alpha value is -3.32. The largest absolute Gasteiger partial charge is 0.497 e. The molecular formula is C26H31N3O4. The highest BCUT2D eigenvalue weighted by Gasteiger charge is 2.38. The Bertz CT molecular complexity index is 1010. The molecule has 2 aliphatic rings. The molecule has 2 heterocycles. The van der Waals surface area contributed by atoms with Crippen molar-refractivity contribution in [2.45, 2.75) is 25.7 Å². The molecule has 0 bridgehead atoms. The average Bonchev–Trinajstić information content (AvgIpc) is 3.09. The highest BCUT2D eigenvalue weighted by molar-refractivity contribution is 6.36. The summed E-state index contributed by atoms with van der Waals surface area (Å²) in [5, 5.41) is 3.24. The van der Waals surface area contributed by atoms with Crippen LogP contribution < -0.4 is 15.0 Å². The number of nitrogens with zero attached hydrogens (tertiary/aromatic N) is 2. The summed E-state index contributed by atoms with van der Waals surface area (Å²) in [4.78, 5) is 30.2. The maximum Gasteiger partial charge on any atom is 0.278 e. The first-order valence-corrected chi connectivity index (χ1v) is 11.5. The fraction of sp³-hybridized carbons (Fsp3) is 0.385. The zero-order valence-electron chi connectivity index (χ0n) is 19.3. The molecule has 4 rings (SSSR count). The summed E-state index contributed by atoms with van der Waals surface area (Å²) in [6.45, 7) is 2.94. The molecule has 1 fully saturated rings. The number of carbonyl (C=O) groups is 2. The lowest BCUT2D eigenvalue weighted by atomic mass is 10.0. The van der Waals surface area contributed by atoms with Gasteiger partial charge in [-0.1, -0.05) is 12.1 Å². The summed E-state index contributed by atoms with van der Waals surface area (Å²) < 4.78 is 10.3. The summed E-state index contributed by atoms with van der Waals surface area (Å²) in [5.74, 6) is 0.0756. The van der Waals surface area contributed by atoms with Crippen LogP contribution in [0.25, 0.3) is 5.57 Å². The van der Waals surface area contributed by atoms with E-state index in [2.05, 4.69) is 22.3 Å². The minimum absolute atomic E-state index is 0.297. The summed E-state index contributed by atoms with van der Waals surface area (Å²) in [7, 11) is 3.20. The first-order valence-electron chi connectivity index (χ1n) is 11.5. The van der Waals surface area contributed by atoms with E-state index in [-0.39, 0.29) is 11.8 Å². The monoisotopic (exact) mass is 449 g/mol. The van der Waals surface area contributed by atoms with Crippen molar-refractivity contribution < 1.29 is 19.1 Å². The Balaban J connectivity index is 1.61. The smallest absolute Gasteiger partial charge is 0.278 e. The second kappa shape index (κ2) is 10.5. The number of piperidine rings is 1. The molecule has 0 aromatic heterocycles. The standard InChI is InChI=1S/C26H31N3O4/c1-32-18-6-17-29-25(30)23(19-7-13-22(33-2)14-8-19)24(26(29)31)27-20-9-11-21(12-10-20)28-15-4-3-5-16-28/h7-14,27H,3-6,15-18H2,1-2H3. The van der Waals surface area contributed by atoms with Crippen LogP contribution in [0.15, 0.2) is 54.2 Å². The number of methoxy groups -OCH3 is 2. The van der Waals surface area contributed by atoms with Crippen molar-refractivity contribution in [2.75, 3.05) is 50.7 Å². The van der Waals surface area contributed by atoms with Gasteiger partial charge in [-0.15, -0.1) is 0 Å². The van der Waals surface area contributed by atoms with Gasteiger partial charge in [0, 0.05) is 44.7 Å². The first-order chi connectivity index (χ1) is 16.1. The Morgan fingerprint density at radius 3 is 2.21 bits per heavy atom. The van der Waals surface area contributed by atoms with E-state index in [0.29, 0.717) is 42.2 Å². The number of amides is 2. The molecule has 7 nitrogen and oxygen atoms in total. The number of anilines is 2. The molecule has 1 saturated heterocycles. The molecule has 174 valence electrons. The van der Waals surface area contributed by atoms with Crippen LogP contribution in [-0.4, -0.2) is 57.2 Å². The van der Waals surface area contributed by atoms with Gasteiger partial charge in [-0.25, -0.2) is 0 Å². The first kappa shape index (κ1) is 22.9. The third kappa shape index (κ3) is 5.03. The van der Waals surface area contributed by atoms with Crippen LogP contribution in [0.4, 0.5) is 11.4 Å². The van der Waals surface area contributed by atoms with Gasteiger partial charge in [0.1, 0.15) is 11.4 Å². The van der Waals surface area contributed by atoms with Crippen LogP contribution in [0.2, 0.25) is 0 Å². The SMILES string of the molecule is COCCCN1C(=O)C(Nc2ccc(N3CCCCC3)cc2)=C(c2ccc(OC)cc2)C1=O. The van der Waals surface area contributed by atoms with Gasteiger partial charge in [0.15, 0.2) is 0 Å². The average molecular weight is 450 g/mol. The van der Waals surface area contributed by atoms with E-state index in [1.54, 1.807) is 38.5 Å². The number of benzene rings is 2. The van der Waals surface area contributed by atoms with Gasteiger partial charge in [-0.3, -0.25) is 14.5 Å². The molecule has 0 saturated carbocycles. The lowest BCUT2D eigenvalue weighted by molar-refractivity contribution is -0.136. The molecule has 0 radical (unpaired) electrons. The quantitative estimate of drug-likeness (QED) is 0.462. The summed E-state index contributed by atoms with van der Waals surface area (Å²) in [6, 6.07) is 15.3. The Morgan fingerprint density at radius 2 is 1.58 bits per heavy atom. The summed E-state index contributed by atoms with van der Waals surface area (Å²) in [6.07, 6.45) is 4.30. The van der Waals surface area contributed by atoms with Crippen LogP contribution in [0.3, 0.4) is 0 Å². The van der Waals surface area contributed by atoms with Gasteiger partial charge in [-0.2, -0.15) is 0 Å². The third-order valence-corrected chi connectivity index (χ3v) is 6.13. The maximum absolute atomic E-state index is 13.3. The van der Waals surface area contributed by atoms with E-state index in [1.807, 2.05) is 12.1 Å². The van der Waals surface area contributed by atoms with Crippen molar-refractivity contribution in [1.82, 2.24) is 4.90 Å². The molecule has 33 heavy (non-hydrogen) atoms. The second-order valence-corrected chi connectivity index (χ2v) is 8.31. The minimum Gasteiger partial charge on any atom is -0.497 e. The number of hydrogen-bond acceptors (Lipinski definition) is 6. The topological polar surface area (TPSA) is 71.1 Å². The summed E-state index contributed by atoms with van der Waals surface area (Å²) >= 11 is 0. The van der Waals surface area contributed by atoms with E-state index in [0.717, 1.165) is 18.8 Å². The minimum atomic E-state index is -0.318. The van der Waals surface area contributed by atoms with Gasteiger partial charge in [0.2, 0.25) is 0 Å². The highest BCUT2D eigenvalue weighted by atomic mass is 16.5. The molecule has 0 aliphatic carbocycles. The highest BCUT2D eigenvalue weighted by Crippen LogP contribution is 2.32. The molecule has 0 atom stereocenters. The van der Waals surface area contributed by atoms with Crippen molar-refractivity contribution in [1.29, 1.82) is 0 Å². The van der Waals surface area contributed by atoms with E-state index in [9.17, 15) is 9.59 Å². The molecule has 0 unspecified atom stereocenters. The maximum atomic E-state index is 13.3. The van der Waals surface area contributed by atoms with Crippen LogP contribution in [0, 0.1) is 0 Å². The second-order valence-electron chi connectivity index (χ2n) is 8.31. The van der Waals surface area contributed by atoms with Crippen molar-refractivity contribution >= 4 is 28.8 Å². The molecule has 1 N–H and O–H groups in total. The van der Waals surface area contributed by atoms with Crippen molar-refractivity contribution in [3.8, 4) is 5.75 Å². The van der Waals surface area contributed by atoms with Crippen molar-refractivity contribution in [3.63, 3.8) is 0 Å². The molecule has 2 aromatic carbocycles. The molecule has 7 heteroatoms. The van der Waals surface area contributed by atoms with E-state index in [4.69, 9.17) is 9.47 Å². The molecular weight excluding hydrogens is 418 g/mol. The lowest BCUT2D eigenvalue weighted by Gasteiger charge is -2.28. The lowest BCUT2D eigenvalue weighted by Crippen LogP contribution is -2.33. The van der Waals surface area contributed by atoms with E-state index < -0.39 is 0 Å². The fourth-order valence-corrected chi connectivity index (χ4v) is 4.34. The Kier molecular flexibility index (Phi) is 7.29. The van der Waals surface area contributed by atoms with Crippen molar-refractivity contribution in [3.05, 3.63) is 59.8 Å². The zero-order valence-corrected chi connectivity index (χ0v) is 19.3. The normalized spacial score (nSPS) is 16.5. The number of hydrogen-bond donors (Lipinski definition) is 1. The van der Waals surface area contributed by atoms with Gasteiger partial charge < -0.3 is 19.7 Å². The molecule has 2 aromatic rings. The number of rotatable bonds is 9. The van der Waals surface area contributed by atoms with Gasteiger partial charge in [-0.05, 0) is 67.6 Å². The van der Waals surface area contributed by atoms with Crippen LogP contribution >= 0.6 is 0 Å². The van der Waals surface area contributed by atoms with Crippen LogP contribution in [-0.2, 0) is 14.3 Å². The number of carbonyl (C=O) groups excluding carboxylic acids is 2. The van der Waals surface area contributed by atoms with Gasteiger partial charge in [0.05, 0.1) is 12.7 Å². The number of ether oxygens (including phenoxy) is 2. The van der Waals surface area contributed by atoms with Gasteiger partial charge in [0.25, 0.3) is 11.8 Å². The number of imide groups is 1. The van der Waals surface area contributed by atoms with E-state index in [1.165, 1.54) is 29.8 Å². The third-order valence-electron chi connectivity index (χ3n) is 6.13. The Labute approximate surface area is 195 Å². The van der Waals surface area contributed by atoms with Crippen molar-refractivity contribution in [2.24, 2.45) is 0 Å². The van der Waals surface area contributed by atoms with Crippen LogP contribution in [0.1, 0.15) is 31.2 Å². The molecule has 0 spiro atoms. The summed E-state index contributed by atoms with van der Waals surface area (Å²) in [5.41, 5.74) is 3.31. The zero-order chi connectivity index (χ0) is 23.2. The van der Waals surface area contributed by atoms with Crippen LogP contribution in [0.5, 0.6) is 5.75 Å². The predicted molar refractivity (Wildman–Crippen MR) is 129 cm³/mol. The number of nitrogens with one attached hydrogen (secondary N) is 1. The predicted octanol–water partition coefficient (Wildman–Crippen LogP) is 3.91. The molecule has 2 amide bonds. The fourth-order valence-electron chi connectivity index (χ4n) is 4.34. The van der Waals surface area contributed by atoms with Gasteiger partial charge >= 0.3 is 0 Å². The Morgan fingerprint density at radius 1 is 0.879 bits per heavy atom. The molecule has 2 aliphatic heterocycles. The van der Waals surface area contributed by atoms with E-state index >= 15 is 0 Å².